The highest BCUT2D eigenvalue weighted by Gasteiger charge is 2.28. The molecule has 0 bridgehead atoms. The lowest BCUT2D eigenvalue weighted by atomic mass is 9.99. The molecule has 0 aromatic heterocycles. The Morgan fingerprint density at radius 3 is 1.14 bits per heavy atom. The van der Waals surface area contributed by atoms with Crippen LogP contribution in [0.4, 0.5) is 0 Å². The van der Waals surface area contributed by atoms with Crippen molar-refractivity contribution in [2.45, 2.75) is 218 Å². The molecule has 0 spiro atoms. The van der Waals surface area contributed by atoms with Gasteiger partial charge in [0.1, 0.15) is 12.2 Å². The van der Waals surface area contributed by atoms with Gasteiger partial charge in [0.05, 0.1) is 18.8 Å². The first-order chi connectivity index (χ1) is 20.5. The van der Waals surface area contributed by atoms with Crippen LogP contribution in [0.2, 0.25) is 0 Å². The molecule has 0 saturated heterocycles. The molecule has 4 atom stereocenters. The lowest BCUT2D eigenvalue weighted by Gasteiger charge is -2.27. The first-order valence-corrected chi connectivity index (χ1v) is 18.4. The summed E-state index contributed by atoms with van der Waals surface area (Å²) < 4.78 is 0. The molecular weight excluding hydrogens is 526 g/mol. The standard InChI is InChI=1S/C36H73NO5/c1-3-5-7-9-11-13-15-16-17-18-19-20-22-23-25-27-29-33(39)35(41)32(31-38)37-36(42)34(40)30-28-26-24-21-14-12-10-8-6-4-2/h32-35,38-41H,3-31H2,1-2H3,(H,37,42). The van der Waals surface area contributed by atoms with Gasteiger partial charge in [0, 0.05) is 0 Å². The molecular formula is C36H73NO5. The smallest absolute Gasteiger partial charge is 0.249 e. The monoisotopic (exact) mass is 600 g/mol. The minimum Gasteiger partial charge on any atom is -0.394 e. The van der Waals surface area contributed by atoms with E-state index in [1.54, 1.807) is 0 Å². The van der Waals surface area contributed by atoms with Gasteiger partial charge < -0.3 is 25.7 Å². The summed E-state index contributed by atoms with van der Waals surface area (Å²) in [6.45, 7) is 4.02. The van der Waals surface area contributed by atoms with E-state index in [9.17, 15) is 25.2 Å². The molecule has 0 aromatic rings. The van der Waals surface area contributed by atoms with E-state index in [0.717, 1.165) is 38.5 Å². The summed E-state index contributed by atoms with van der Waals surface area (Å²) in [6, 6.07) is -0.976. The highest BCUT2D eigenvalue weighted by atomic mass is 16.3. The van der Waals surface area contributed by atoms with Crippen LogP contribution in [0.5, 0.6) is 0 Å². The van der Waals surface area contributed by atoms with Crippen molar-refractivity contribution in [1.29, 1.82) is 0 Å². The third kappa shape index (κ3) is 25.8. The van der Waals surface area contributed by atoms with Crippen LogP contribution in [-0.2, 0) is 4.79 Å². The summed E-state index contributed by atoms with van der Waals surface area (Å²) in [6.07, 6.45) is 29.8. The fraction of sp³-hybridized carbons (Fsp3) is 0.972. The Kier molecular flexibility index (Phi) is 31.2. The molecule has 1 amide bonds. The van der Waals surface area contributed by atoms with Crippen molar-refractivity contribution in [3.8, 4) is 0 Å². The molecule has 5 N–H and O–H groups in total. The van der Waals surface area contributed by atoms with Crippen LogP contribution in [0.25, 0.3) is 0 Å². The van der Waals surface area contributed by atoms with Gasteiger partial charge in [0.15, 0.2) is 0 Å². The van der Waals surface area contributed by atoms with Gasteiger partial charge >= 0.3 is 0 Å². The zero-order valence-electron chi connectivity index (χ0n) is 28.0. The van der Waals surface area contributed by atoms with Crippen LogP contribution in [0.1, 0.15) is 194 Å². The van der Waals surface area contributed by atoms with Crippen molar-refractivity contribution in [2.24, 2.45) is 0 Å². The molecule has 42 heavy (non-hydrogen) atoms. The zero-order chi connectivity index (χ0) is 31.1. The molecule has 0 radical (unpaired) electrons. The average molecular weight is 600 g/mol. The van der Waals surface area contributed by atoms with Crippen molar-refractivity contribution in [3.63, 3.8) is 0 Å². The normalized spacial score (nSPS) is 14.5. The predicted octanol–water partition coefficient (Wildman–Crippen LogP) is 8.51. The maximum absolute atomic E-state index is 12.4. The Hall–Kier alpha value is -0.690. The predicted molar refractivity (Wildman–Crippen MR) is 178 cm³/mol. The van der Waals surface area contributed by atoms with E-state index in [4.69, 9.17) is 0 Å². The number of carbonyl (C=O) groups excluding carboxylic acids is 1. The molecule has 0 aliphatic heterocycles. The number of amides is 1. The Bertz CT molecular complexity index is 561. The van der Waals surface area contributed by atoms with Crippen LogP contribution < -0.4 is 5.32 Å². The van der Waals surface area contributed by atoms with E-state index < -0.39 is 36.9 Å². The van der Waals surface area contributed by atoms with Crippen molar-refractivity contribution >= 4 is 5.91 Å². The van der Waals surface area contributed by atoms with E-state index in [1.807, 2.05) is 0 Å². The number of hydrogen-bond acceptors (Lipinski definition) is 5. The third-order valence-electron chi connectivity index (χ3n) is 8.82. The van der Waals surface area contributed by atoms with E-state index in [-0.39, 0.29) is 0 Å². The number of rotatable bonds is 33. The SMILES string of the molecule is CCCCCCCCCCCCCCCCCCC(O)C(O)C(CO)NC(=O)C(O)CCCCCCCCCCCC. The summed E-state index contributed by atoms with van der Waals surface area (Å²) in [4.78, 5) is 12.4. The van der Waals surface area contributed by atoms with Crippen LogP contribution in [0.3, 0.4) is 0 Å². The van der Waals surface area contributed by atoms with E-state index in [0.29, 0.717) is 12.8 Å². The summed E-state index contributed by atoms with van der Waals surface area (Å²) in [5.74, 6) is -0.585. The second kappa shape index (κ2) is 31.7. The van der Waals surface area contributed by atoms with Gasteiger partial charge in [0.25, 0.3) is 0 Å². The molecule has 0 fully saturated rings. The lowest BCUT2D eigenvalue weighted by molar-refractivity contribution is -0.132. The van der Waals surface area contributed by atoms with Crippen LogP contribution >= 0.6 is 0 Å². The summed E-state index contributed by atoms with van der Waals surface area (Å²) >= 11 is 0. The first kappa shape index (κ1) is 41.3. The number of nitrogens with one attached hydrogen (secondary N) is 1. The molecule has 0 heterocycles. The molecule has 252 valence electrons. The second-order valence-electron chi connectivity index (χ2n) is 12.9. The molecule has 0 aromatic carbocycles. The molecule has 6 heteroatoms. The lowest BCUT2D eigenvalue weighted by Crippen LogP contribution is -2.53. The Labute approximate surface area is 260 Å². The van der Waals surface area contributed by atoms with Gasteiger partial charge in [-0.1, -0.05) is 181 Å². The minimum absolute atomic E-state index is 0.373. The Balaban J connectivity index is 3.78. The minimum atomic E-state index is -1.25. The summed E-state index contributed by atoms with van der Waals surface area (Å²) in [5, 5.41) is 43.4. The van der Waals surface area contributed by atoms with Crippen LogP contribution in [-0.4, -0.2) is 57.3 Å². The molecule has 0 aliphatic carbocycles. The highest BCUT2D eigenvalue weighted by Crippen LogP contribution is 2.16. The topological polar surface area (TPSA) is 110 Å². The van der Waals surface area contributed by atoms with Crippen molar-refractivity contribution in [2.75, 3.05) is 6.61 Å². The molecule has 0 saturated carbocycles. The van der Waals surface area contributed by atoms with Gasteiger partial charge in [-0.2, -0.15) is 0 Å². The maximum Gasteiger partial charge on any atom is 0.249 e. The highest BCUT2D eigenvalue weighted by molar-refractivity contribution is 5.80. The van der Waals surface area contributed by atoms with Crippen LogP contribution in [0, 0.1) is 0 Å². The van der Waals surface area contributed by atoms with Crippen LogP contribution in [0.15, 0.2) is 0 Å². The Morgan fingerprint density at radius 2 is 0.810 bits per heavy atom. The third-order valence-corrected chi connectivity index (χ3v) is 8.82. The number of carbonyl (C=O) groups is 1. The number of aliphatic hydroxyl groups is 4. The number of unbranched alkanes of at least 4 members (excludes halogenated alkanes) is 24. The van der Waals surface area contributed by atoms with Crippen molar-refractivity contribution in [3.05, 3.63) is 0 Å². The van der Waals surface area contributed by atoms with E-state index >= 15 is 0 Å². The molecule has 4 unspecified atom stereocenters. The zero-order valence-corrected chi connectivity index (χ0v) is 28.0. The largest absolute Gasteiger partial charge is 0.394 e. The molecule has 0 aliphatic rings. The van der Waals surface area contributed by atoms with E-state index in [1.165, 1.54) is 128 Å². The van der Waals surface area contributed by atoms with Gasteiger partial charge in [-0.25, -0.2) is 0 Å². The van der Waals surface area contributed by atoms with Crippen molar-refractivity contribution < 1.29 is 25.2 Å². The fourth-order valence-electron chi connectivity index (χ4n) is 5.81. The first-order valence-electron chi connectivity index (χ1n) is 18.4. The molecule has 0 rings (SSSR count). The fourth-order valence-corrected chi connectivity index (χ4v) is 5.81. The maximum atomic E-state index is 12.4. The summed E-state index contributed by atoms with van der Waals surface area (Å²) in [5.41, 5.74) is 0. The average Bonchev–Trinajstić information content (AvgIpc) is 2.99. The number of aliphatic hydroxyl groups excluding tert-OH is 4. The second-order valence-corrected chi connectivity index (χ2v) is 12.9. The van der Waals surface area contributed by atoms with Gasteiger partial charge in [-0.3, -0.25) is 4.79 Å². The van der Waals surface area contributed by atoms with Gasteiger partial charge in [-0.05, 0) is 12.8 Å². The van der Waals surface area contributed by atoms with Gasteiger partial charge in [0.2, 0.25) is 5.91 Å². The quantitative estimate of drug-likeness (QED) is 0.0486. The van der Waals surface area contributed by atoms with Gasteiger partial charge in [-0.15, -0.1) is 0 Å². The number of hydrogen-bond donors (Lipinski definition) is 5. The van der Waals surface area contributed by atoms with Crippen molar-refractivity contribution in [1.82, 2.24) is 5.32 Å². The summed E-state index contributed by atoms with van der Waals surface area (Å²) in [7, 11) is 0. The molecule has 6 nitrogen and oxygen atoms in total. The Morgan fingerprint density at radius 1 is 0.500 bits per heavy atom. The van der Waals surface area contributed by atoms with E-state index in [2.05, 4.69) is 19.2 Å².